The van der Waals surface area contributed by atoms with Gasteiger partial charge in [-0.15, -0.1) is 0 Å². The molecule has 29 heavy (non-hydrogen) atoms. The fraction of sp³-hybridized carbons (Fsp3) is 0.100. The number of hydrazone groups is 1. The van der Waals surface area contributed by atoms with Crippen LogP contribution in [0.25, 0.3) is 11.3 Å². The maximum atomic E-state index is 12.2. The standard InChI is InChI=1S/C20H18BrN3O4S/c1-14-2-9-18(10-3-14)29(26,27)23-13-20(25)24-22-12-17-8-11-19(28-17)15-4-6-16(21)7-5-15/h2-12,23H,13H2,1H3,(H,24,25)/b22-12+. The molecule has 1 amide bonds. The van der Waals surface area contributed by atoms with Crippen molar-refractivity contribution in [2.24, 2.45) is 5.10 Å². The van der Waals surface area contributed by atoms with Gasteiger partial charge in [0, 0.05) is 10.0 Å². The van der Waals surface area contributed by atoms with Crippen LogP contribution in [-0.2, 0) is 14.8 Å². The Morgan fingerprint density at radius 3 is 2.45 bits per heavy atom. The van der Waals surface area contributed by atoms with Gasteiger partial charge < -0.3 is 4.42 Å². The third-order valence-corrected chi connectivity index (χ3v) is 5.84. The van der Waals surface area contributed by atoms with Gasteiger partial charge in [-0.3, -0.25) is 4.79 Å². The van der Waals surface area contributed by atoms with Crippen LogP contribution < -0.4 is 10.1 Å². The van der Waals surface area contributed by atoms with E-state index in [1.165, 1.54) is 18.3 Å². The molecule has 0 saturated carbocycles. The van der Waals surface area contributed by atoms with Crippen molar-refractivity contribution in [1.29, 1.82) is 0 Å². The molecule has 1 heterocycles. The Morgan fingerprint density at radius 2 is 1.76 bits per heavy atom. The number of sulfonamides is 1. The second-order valence-electron chi connectivity index (χ2n) is 6.14. The van der Waals surface area contributed by atoms with E-state index in [1.807, 2.05) is 31.2 Å². The number of hydrogen-bond acceptors (Lipinski definition) is 5. The van der Waals surface area contributed by atoms with Crippen LogP contribution in [0.5, 0.6) is 0 Å². The lowest BCUT2D eigenvalue weighted by Crippen LogP contribution is -2.34. The molecule has 0 atom stereocenters. The molecule has 0 fully saturated rings. The molecule has 0 saturated heterocycles. The molecule has 2 aromatic carbocycles. The monoisotopic (exact) mass is 475 g/mol. The van der Waals surface area contributed by atoms with Crippen LogP contribution in [-0.4, -0.2) is 27.1 Å². The molecule has 150 valence electrons. The number of amides is 1. The predicted octanol–water partition coefficient (Wildman–Crippen LogP) is 3.45. The number of aryl methyl sites for hydroxylation is 1. The number of nitrogens with zero attached hydrogens (tertiary/aromatic N) is 1. The summed E-state index contributed by atoms with van der Waals surface area (Å²) in [5, 5.41) is 3.79. The van der Waals surface area contributed by atoms with Crippen LogP contribution in [0.4, 0.5) is 0 Å². The van der Waals surface area contributed by atoms with E-state index < -0.39 is 22.5 Å². The van der Waals surface area contributed by atoms with Crippen molar-refractivity contribution in [2.45, 2.75) is 11.8 Å². The number of benzene rings is 2. The second kappa shape index (κ2) is 9.17. The number of halogens is 1. The molecule has 0 aliphatic rings. The molecule has 9 heteroatoms. The van der Waals surface area contributed by atoms with Crippen molar-refractivity contribution in [3.8, 4) is 11.3 Å². The van der Waals surface area contributed by atoms with Crippen LogP contribution >= 0.6 is 15.9 Å². The third-order valence-electron chi connectivity index (χ3n) is 3.89. The zero-order valence-electron chi connectivity index (χ0n) is 15.4. The van der Waals surface area contributed by atoms with Crippen LogP contribution in [0, 0.1) is 6.92 Å². The Labute approximate surface area is 177 Å². The molecule has 0 spiro atoms. The quantitative estimate of drug-likeness (QED) is 0.403. The maximum Gasteiger partial charge on any atom is 0.255 e. The number of carbonyl (C=O) groups excluding carboxylic acids is 1. The molecule has 0 aliphatic heterocycles. The Kier molecular flexibility index (Phi) is 6.63. The summed E-state index contributed by atoms with van der Waals surface area (Å²) in [4.78, 5) is 11.9. The minimum absolute atomic E-state index is 0.0930. The fourth-order valence-corrected chi connectivity index (χ4v) is 3.61. The molecule has 3 rings (SSSR count). The van der Waals surface area contributed by atoms with E-state index in [9.17, 15) is 13.2 Å². The number of furan rings is 1. The van der Waals surface area contributed by atoms with Gasteiger partial charge in [0.1, 0.15) is 11.5 Å². The van der Waals surface area contributed by atoms with Gasteiger partial charge in [-0.2, -0.15) is 5.10 Å². The lowest BCUT2D eigenvalue weighted by molar-refractivity contribution is -0.119. The summed E-state index contributed by atoms with van der Waals surface area (Å²) in [6.45, 7) is 1.42. The van der Waals surface area contributed by atoms with Gasteiger partial charge in [0.15, 0.2) is 0 Å². The number of hydrogen-bond donors (Lipinski definition) is 2. The molecule has 7 nitrogen and oxygen atoms in total. The lowest BCUT2D eigenvalue weighted by Gasteiger charge is -2.06. The van der Waals surface area contributed by atoms with E-state index in [-0.39, 0.29) is 4.90 Å². The summed E-state index contributed by atoms with van der Waals surface area (Å²) in [5.41, 5.74) is 4.11. The molecule has 1 aromatic heterocycles. The first kappa shape index (κ1) is 21.0. The first-order chi connectivity index (χ1) is 13.8. The maximum absolute atomic E-state index is 12.2. The average molecular weight is 476 g/mol. The second-order valence-corrected chi connectivity index (χ2v) is 8.82. The van der Waals surface area contributed by atoms with E-state index in [4.69, 9.17) is 4.42 Å². The predicted molar refractivity (Wildman–Crippen MR) is 114 cm³/mol. The molecular weight excluding hydrogens is 458 g/mol. The number of rotatable bonds is 7. The van der Waals surface area contributed by atoms with Crippen LogP contribution in [0.1, 0.15) is 11.3 Å². The highest BCUT2D eigenvalue weighted by atomic mass is 79.9. The Morgan fingerprint density at radius 1 is 1.07 bits per heavy atom. The van der Waals surface area contributed by atoms with Gasteiger partial charge in [0.25, 0.3) is 5.91 Å². The van der Waals surface area contributed by atoms with E-state index >= 15 is 0 Å². The Balaban J connectivity index is 1.52. The minimum Gasteiger partial charge on any atom is -0.455 e. The minimum atomic E-state index is -3.76. The van der Waals surface area contributed by atoms with Crippen LogP contribution in [0.3, 0.4) is 0 Å². The largest absolute Gasteiger partial charge is 0.455 e. The van der Waals surface area contributed by atoms with Crippen molar-refractivity contribution < 1.29 is 17.6 Å². The van der Waals surface area contributed by atoms with Crippen molar-refractivity contribution in [3.63, 3.8) is 0 Å². The molecular formula is C20H18BrN3O4S. The topological polar surface area (TPSA) is 101 Å². The highest BCUT2D eigenvalue weighted by Gasteiger charge is 2.14. The molecule has 0 radical (unpaired) electrons. The fourth-order valence-electron chi connectivity index (χ4n) is 2.36. The van der Waals surface area contributed by atoms with Gasteiger partial charge in [-0.1, -0.05) is 45.8 Å². The number of nitrogens with one attached hydrogen (secondary N) is 2. The SMILES string of the molecule is Cc1ccc(S(=O)(=O)NCC(=O)N/N=C/c2ccc(-c3ccc(Br)cc3)o2)cc1. The van der Waals surface area contributed by atoms with Crippen molar-refractivity contribution in [1.82, 2.24) is 10.1 Å². The van der Waals surface area contributed by atoms with Crippen LogP contribution in [0.15, 0.2) is 79.6 Å². The van der Waals surface area contributed by atoms with E-state index in [0.717, 1.165) is 15.6 Å². The van der Waals surface area contributed by atoms with Crippen molar-refractivity contribution >= 4 is 38.1 Å². The smallest absolute Gasteiger partial charge is 0.255 e. The summed E-state index contributed by atoms with van der Waals surface area (Å²) in [6, 6.07) is 17.5. The normalized spacial score (nSPS) is 11.7. The van der Waals surface area contributed by atoms with Crippen molar-refractivity contribution in [2.75, 3.05) is 6.54 Å². The summed E-state index contributed by atoms with van der Waals surface area (Å²) >= 11 is 3.38. The first-order valence-electron chi connectivity index (χ1n) is 8.57. The molecule has 0 unspecified atom stereocenters. The van der Waals surface area contributed by atoms with Gasteiger partial charge in [-0.25, -0.2) is 18.6 Å². The molecule has 0 aliphatic carbocycles. The summed E-state index contributed by atoms with van der Waals surface area (Å²) in [6.07, 6.45) is 1.34. The van der Waals surface area contributed by atoms with Crippen molar-refractivity contribution in [3.05, 3.63) is 76.5 Å². The summed E-state index contributed by atoms with van der Waals surface area (Å²) in [5.74, 6) is 0.510. The first-order valence-corrected chi connectivity index (χ1v) is 10.9. The van der Waals surface area contributed by atoms with Gasteiger partial charge >= 0.3 is 0 Å². The zero-order chi connectivity index (χ0) is 20.9. The van der Waals surface area contributed by atoms with E-state index in [1.54, 1.807) is 24.3 Å². The third kappa shape index (κ3) is 5.86. The van der Waals surface area contributed by atoms with Crippen LogP contribution in [0.2, 0.25) is 0 Å². The highest BCUT2D eigenvalue weighted by Crippen LogP contribution is 2.23. The number of carbonyl (C=O) groups is 1. The Bertz CT molecular complexity index is 1120. The van der Waals surface area contributed by atoms with E-state index in [2.05, 4.69) is 31.2 Å². The molecule has 3 aromatic rings. The zero-order valence-corrected chi connectivity index (χ0v) is 17.8. The van der Waals surface area contributed by atoms with Gasteiger partial charge in [-0.05, 0) is 43.3 Å². The molecule has 2 N–H and O–H groups in total. The lowest BCUT2D eigenvalue weighted by atomic mass is 10.2. The summed E-state index contributed by atoms with van der Waals surface area (Å²) in [7, 11) is -3.76. The average Bonchev–Trinajstić information content (AvgIpc) is 3.16. The molecule has 0 bridgehead atoms. The van der Waals surface area contributed by atoms with Gasteiger partial charge in [0.05, 0.1) is 17.7 Å². The Hall–Kier alpha value is -2.75. The van der Waals surface area contributed by atoms with E-state index in [0.29, 0.717) is 11.5 Å². The van der Waals surface area contributed by atoms with Gasteiger partial charge in [0.2, 0.25) is 10.0 Å². The summed E-state index contributed by atoms with van der Waals surface area (Å²) < 4.78 is 33.2. The highest BCUT2D eigenvalue weighted by molar-refractivity contribution is 9.10.